The Kier molecular flexibility index (Phi) is 3.94. The van der Waals surface area contributed by atoms with Crippen LogP contribution in [0.3, 0.4) is 0 Å². The number of thiazole rings is 1. The van der Waals surface area contributed by atoms with Crippen molar-refractivity contribution in [2.24, 2.45) is 7.05 Å². The summed E-state index contributed by atoms with van der Waals surface area (Å²) < 4.78 is 26.6. The molecule has 3 N–H and O–H groups in total. The number of aromatic nitrogens is 5. The lowest BCUT2D eigenvalue weighted by atomic mass is 10.2. The standard InChI is InChI=1S/C12H13F2N7OS/c1-3-5-7-9(18-19-10(7)21(2)20-5)16-11(22)17-12-15-6(4-23-12)8(13)14/h4,8H,3H2,1-2H3,(H3,15,16,17,18,19,22). The smallest absolute Gasteiger partial charge is 0.292 e. The average Bonchev–Trinajstić information content (AvgIpc) is 3.18. The third-order valence-corrected chi connectivity index (χ3v) is 3.93. The molecule has 0 unspecified atom stereocenters. The Bertz CT molecular complexity index is 853. The molecule has 0 aliphatic carbocycles. The van der Waals surface area contributed by atoms with Crippen LogP contribution in [0.25, 0.3) is 11.0 Å². The Morgan fingerprint density at radius 2 is 2.26 bits per heavy atom. The minimum atomic E-state index is -2.67. The molecule has 0 aliphatic rings. The fourth-order valence-corrected chi connectivity index (χ4v) is 2.84. The fraction of sp³-hybridized carbons (Fsp3) is 0.333. The monoisotopic (exact) mass is 341 g/mol. The number of anilines is 2. The first-order valence-corrected chi connectivity index (χ1v) is 7.59. The zero-order valence-corrected chi connectivity index (χ0v) is 13.0. The van der Waals surface area contributed by atoms with Crippen LogP contribution in [-0.4, -0.2) is 31.0 Å². The van der Waals surface area contributed by atoms with E-state index < -0.39 is 12.5 Å². The van der Waals surface area contributed by atoms with Gasteiger partial charge in [0.15, 0.2) is 10.8 Å². The maximum Gasteiger partial charge on any atom is 0.326 e. The minimum absolute atomic E-state index is 0.0930. The van der Waals surface area contributed by atoms with Gasteiger partial charge < -0.3 is 0 Å². The molecule has 0 fully saturated rings. The highest BCUT2D eigenvalue weighted by atomic mass is 32.1. The number of nitrogens with zero attached hydrogens (tertiary/aromatic N) is 4. The van der Waals surface area contributed by atoms with E-state index >= 15 is 0 Å². The number of hydrogen-bond acceptors (Lipinski definition) is 5. The summed E-state index contributed by atoms with van der Waals surface area (Å²) in [5.74, 6) is 0.396. The van der Waals surface area contributed by atoms with Gasteiger partial charge in [0.2, 0.25) is 0 Å². The molecule has 3 heterocycles. The number of halogens is 2. The zero-order chi connectivity index (χ0) is 16.6. The second-order valence-corrected chi connectivity index (χ2v) is 5.54. The quantitative estimate of drug-likeness (QED) is 0.679. The van der Waals surface area contributed by atoms with Crippen molar-refractivity contribution < 1.29 is 13.6 Å². The molecule has 122 valence electrons. The van der Waals surface area contributed by atoms with E-state index in [9.17, 15) is 13.6 Å². The van der Waals surface area contributed by atoms with Gasteiger partial charge in [-0.05, 0) is 6.42 Å². The third-order valence-electron chi connectivity index (χ3n) is 3.15. The van der Waals surface area contributed by atoms with Crippen molar-refractivity contribution in [1.82, 2.24) is 25.0 Å². The van der Waals surface area contributed by atoms with Gasteiger partial charge in [-0.25, -0.2) is 23.2 Å². The van der Waals surface area contributed by atoms with Crippen LogP contribution in [0.2, 0.25) is 0 Å². The zero-order valence-electron chi connectivity index (χ0n) is 12.2. The molecule has 0 aliphatic heterocycles. The van der Waals surface area contributed by atoms with Crippen molar-refractivity contribution >= 4 is 39.4 Å². The van der Waals surface area contributed by atoms with Crippen LogP contribution in [0.5, 0.6) is 0 Å². The number of aromatic amines is 1. The first kappa shape index (κ1) is 15.3. The minimum Gasteiger partial charge on any atom is -0.292 e. The Hall–Kier alpha value is -2.56. The molecule has 3 aromatic heterocycles. The van der Waals surface area contributed by atoms with Gasteiger partial charge in [-0.3, -0.25) is 15.7 Å². The van der Waals surface area contributed by atoms with Crippen LogP contribution in [0, 0.1) is 0 Å². The summed E-state index contributed by atoms with van der Waals surface area (Å²) in [5, 5.41) is 18.2. The summed E-state index contributed by atoms with van der Waals surface area (Å²) in [7, 11) is 1.76. The summed E-state index contributed by atoms with van der Waals surface area (Å²) in [6.07, 6.45) is -1.99. The van der Waals surface area contributed by atoms with Crippen LogP contribution in [0.4, 0.5) is 24.5 Å². The topological polar surface area (TPSA) is 101 Å². The lowest BCUT2D eigenvalue weighted by Crippen LogP contribution is -2.19. The summed E-state index contributed by atoms with van der Waals surface area (Å²) in [5.41, 5.74) is 1.04. The molecule has 0 saturated heterocycles. The van der Waals surface area contributed by atoms with E-state index in [0.717, 1.165) is 22.4 Å². The summed E-state index contributed by atoms with van der Waals surface area (Å²) >= 11 is 0.929. The van der Waals surface area contributed by atoms with Crippen LogP contribution in [-0.2, 0) is 13.5 Å². The number of nitrogens with one attached hydrogen (secondary N) is 3. The lowest BCUT2D eigenvalue weighted by Gasteiger charge is -2.03. The summed E-state index contributed by atoms with van der Waals surface area (Å²) in [6.45, 7) is 1.94. The Balaban J connectivity index is 1.77. The molecule has 2 amide bonds. The lowest BCUT2D eigenvalue weighted by molar-refractivity contribution is 0.147. The molecule has 0 atom stereocenters. The third kappa shape index (κ3) is 2.86. The molecule has 0 radical (unpaired) electrons. The molecule has 23 heavy (non-hydrogen) atoms. The van der Waals surface area contributed by atoms with Crippen molar-refractivity contribution in [1.29, 1.82) is 0 Å². The normalized spacial score (nSPS) is 11.3. The molecule has 0 bridgehead atoms. The molecular formula is C12H13F2N7OS. The number of carbonyl (C=O) groups is 1. The van der Waals surface area contributed by atoms with Gasteiger partial charge in [-0.15, -0.1) is 11.3 Å². The van der Waals surface area contributed by atoms with Crippen molar-refractivity contribution in [2.45, 2.75) is 19.8 Å². The number of amides is 2. The maximum atomic E-state index is 12.5. The second kappa shape index (κ2) is 5.91. The van der Waals surface area contributed by atoms with Crippen LogP contribution < -0.4 is 10.6 Å². The van der Waals surface area contributed by atoms with E-state index in [1.807, 2.05) is 6.92 Å². The van der Waals surface area contributed by atoms with E-state index in [4.69, 9.17) is 0 Å². The van der Waals surface area contributed by atoms with Crippen molar-refractivity contribution in [2.75, 3.05) is 10.6 Å². The number of carbonyl (C=O) groups excluding carboxylic acids is 1. The Morgan fingerprint density at radius 3 is 2.91 bits per heavy atom. The van der Waals surface area contributed by atoms with E-state index in [2.05, 4.69) is 30.9 Å². The fourth-order valence-electron chi connectivity index (χ4n) is 2.14. The first-order valence-electron chi connectivity index (χ1n) is 6.71. The Labute approximate surface area is 132 Å². The van der Waals surface area contributed by atoms with Gasteiger partial charge in [0.1, 0.15) is 11.5 Å². The average molecular weight is 341 g/mol. The second-order valence-electron chi connectivity index (χ2n) is 4.68. The highest BCUT2D eigenvalue weighted by Gasteiger charge is 2.18. The predicted octanol–water partition coefficient (Wildman–Crippen LogP) is 2.90. The van der Waals surface area contributed by atoms with E-state index in [-0.39, 0.29) is 10.8 Å². The Morgan fingerprint density at radius 1 is 1.48 bits per heavy atom. The molecule has 8 nitrogen and oxygen atoms in total. The van der Waals surface area contributed by atoms with Crippen LogP contribution in [0.1, 0.15) is 24.7 Å². The molecule has 0 spiro atoms. The predicted molar refractivity (Wildman–Crippen MR) is 82.0 cm³/mol. The summed E-state index contributed by atoms with van der Waals surface area (Å²) in [4.78, 5) is 15.6. The molecular weight excluding hydrogens is 328 g/mol. The van der Waals surface area contributed by atoms with Gasteiger partial charge in [-0.1, -0.05) is 6.92 Å². The highest BCUT2D eigenvalue weighted by molar-refractivity contribution is 7.13. The van der Waals surface area contributed by atoms with Crippen molar-refractivity contribution in [3.8, 4) is 0 Å². The SMILES string of the molecule is CCc1nn(C)c2n[nH]c(NC(=O)Nc3nc(C(F)F)cs3)c12. The number of hydrogen-bond donors (Lipinski definition) is 3. The van der Waals surface area contributed by atoms with E-state index in [0.29, 0.717) is 17.9 Å². The first-order chi connectivity index (χ1) is 11.0. The molecule has 0 aromatic carbocycles. The van der Waals surface area contributed by atoms with Gasteiger partial charge in [0.25, 0.3) is 6.43 Å². The largest absolute Gasteiger partial charge is 0.326 e. The number of urea groups is 1. The molecule has 3 rings (SSSR count). The number of H-pyrrole nitrogens is 1. The number of rotatable bonds is 4. The van der Waals surface area contributed by atoms with Gasteiger partial charge >= 0.3 is 6.03 Å². The maximum absolute atomic E-state index is 12.5. The highest BCUT2D eigenvalue weighted by Crippen LogP contribution is 2.26. The van der Waals surface area contributed by atoms with E-state index in [1.54, 1.807) is 11.7 Å². The summed E-state index contributed by atoms with van der Waals surface area (Å²) in [6, 6.07) is -0.600. The molecule has 0 saturated carbocycles. The van der Waals surface area contributed by atoms with E-state index in [1.165, 1.54) is 5.38 Å². The number of aryl methyl sites for hydroxylation is 2. The van der Waals surface area contributed by atoms with Crippen LogP contribution >= 0.6 is 11.3 Å². The van der Waals surface area contributed by atoms with Crippen LogP contribution in [0.15, 0.2) is 5.38 Å². The van der Waals surface area contributed by atoms with Crippen molar-refractivity contribution in [3.63, 3.8) is 0 Å². The number of alkyl halides is 2. The van der Waals surface area contributed by atoms with Gasteiger partial charge in [0.05, 0.1) is 11.1 Å². The van der Waals surface area contributed by atoms with Gasteiger partial charge in [-0.2, -0.15) is 10.2 Å². The molecule has 11 heteroatoms. The number of fused-ring (bicyclic) bond motifs is 1. The van der Waals surface area contributed by atoms with Crippen molar-refractivity contribution in [3.05, 3.63) is 16.8 Å². The molecule has 3 aromatic rings. The van der Waals surface area contributed by atoms with Gasteiger partial charge in [0, 0.05) is 12.4 Å².